The molecule has 28 heavy (non-hydrogen) atoms. The van der Waals surface area contributed by atoms with E-state index in [4.69, 9.17) is 0 Å². The number of halogens is 3. The minimum absolute atomic E-state index is 0.169. The van der Waals surface area contributed by atoms with Crippen molar-refractivity contribution in [3.8, 4) is 0 Å². The van der Waals surface area contributed by atoms with Crippen molar-refractivity contribution in [3.63, 3.8) is 0 Å². The number of benzene rings is 1. The number of hydrogen-bond acceptors (Lipinski definition) is 4. The minimum Gasteiger partial charge on any atom is -0.353 e. The molecule has 10 heteroatoms. The molecule has 6 nitrogen and oxygen atoms in total. The van der Waals surface area contributed by atoms with Gasteiger partial charge < -0.3 is 14.8 Å². The topological polar surface area (TPSA) is 66.7 Å². The lowest BCUT2D eigenvalue weighted by molar-refractivity contribution is -0.137. The zero-order valence-electron chi connectivity index (χ0n) is 15.7. The first kappa shape index (κ1) is 21.8. The summed E-state index contributed by atoms with van der Waals surface area (Å²) in [5.41, 5.74) is -1.08. The van der Waals surface area contributed by atoms with Gasteiger partial charge in [0.25, 0.3) is 5.91 Å². The third-order valence-electron chi connectivity index (χ3n) is 3.90. The van der Waals surface area contributed by atoms with Gasteiger partial charge in [-0.25, -0.2) is 0 Å². The highest BCUT2D eigenvalue weighted by Crippen LogP contribution is 2.29. The van der Waals surface area contributed by atoms with Gasteiger partial charge in [-0.15, -0.1) is 11.3 Å². The molecule has 1 N–H and O–H groups in total. The van der Waals surface area contributed by atoms with E-state index in [1.807, 2.05) is 19.0 Å². The molecule has 1 aromatic heterocycles. The first-order chi connectivity index (χ1) is 13.1. The monoisotopic (exact) mass is 414 g/mol. The fourth-order valence-electron chi connectivity index (χ4n) is 2.32. The number of nitrogens with one attached hydrogen (secondary N) is 1. The molecule has 1 unspecified atom stereocenters. The first-order valence-electron chi connectivity index (χ1n) is 8.44. The van der Waals surface area contributed by atoms with Gasteiger partial charge in [0.2, 0.25) is 5.91 Å². The molecule has 0 radical (unpaired) electrons. The van der Waals surface area contributed by atoms with E-state index in [1.54, 1.807) is 18.5 Å². The number of amides is 2. The second-order valence-electron chi connectivity index (χ2n) is 6.36. The van der Waals surface area contributed by atoms with E-state index in [1.165, 1.54) is 10.6 Å². The molecule has 0 aliphatic heterocycles. The molecule has 2 amide bonds. The Balaban J connectivity index is 2.21. The summed E-state index contributed by atoms with van der Waals surface area (Å²) in [6.07, 6.45) is -2.93. The highest BCUT2D eigenvalue weighted by Gasteiger charge is 2.30. The fourth-order valence-corrected chi connectivity index (χ4v) is 3.11. The van der Waals surface area contributed by atoms with Crippen LogP contribution < -0.4 is 10.1 Å². The van der Waals surface area contributed by atoms with Crippen LogP contribution in [0.2, 0.25) is 0 Å². The van der Waals surface area contributed by atoms with Crippen LogP contribution in [0, 0.1) is 0 Å². The summed E-state index contributed by atoms with van der Waals surface area (Å²) in [6, 6.07) is 3.47. The van der Waals surface area contributed by atoms with Gasteiger partial charge in [0.05, 0.1) is 5.56 Å². The van der Waals surface area contributed by atoms with Crippen LogP contribution in [-0.2, 0) is 11.0 Å². The van der Waals surface area contributed by atoms with Gasteiger partial charge >= 0.3 is 6.18 Å². The molecule has 0 saturated carbocycles. The van der Waals surface area contributed by atoms with E-state index in [9.17, 15) is 22.8 Å². The quantitative estimate of drug-likeness (QED) is 0.790. The van der Waals surface area contributed by atoms with Gasteiger partial charge in [-0.3, -0.25) is 9.59 Å². The van der Waals surface area contributed by atoms with Crippen LogP contribution in [-0.4, -0.2) is 48.5 Å². The lowest BCUT2D eigenvalue weighted by Crippen LogP contribution is -2.37. The second kappa shape index (κ2) is 9.16. The molecule has 0 spiro atoms. The number of hydrogen-bond donors (Lipinski definition) is 1. The Morgan fingerprint density at radius 1 is 1.32 bits per heavy atom. The third-order valence-corrected chi connectivity index (χ3v) is 4.68. The Morgan fingerprint density at radius 2 is 2.04 bits per heavy atom. The summed E-state index contributed by atoms with van der Waals surface area (Å²) < 4.78 is 40.0. The van der Waals surface area contributed by atoms with Gasteiger partial charge in [0.1, 0.15) is 6.04 Å². The van der Waals surface area contributed by atoms with E-state index in [0.29, 0.717) is 13.1 Å². The van der Waals surface area contributed by atoms with Crippen LogP contribution in [0.1, 0.15) is 28.9 Å². The standard InChI is InChI=1S/C18H21F3N4O2S/c1-12(15(26)22-7-8-24(2)3)25-9-10-28-17(25)23-16(27)13-5-4-6-14(11-13)18(19,20)21/h4-6,9-12H,7-8H2,1-3H3,(H,22,26). The zero-order valence-corrected chi connectivity index (χ0v) is 16.5. The number of rotatable bonds is 6. The predicted molar refractivity (Wildman–Crippen MR) is 99.9 cm³/mol. The van der Waals surface area contributed by atoms with Crippen molar-refractivity contribution in [1.29, 1.82) is 0 Å². The second-order valence-corrected chi connectivity index (χ2v) is 7.23. The van der Waals surface area contributed by atoms with Crippen LogP contribution in [0.3, 0.4) is 0 Å². The molecule has 0 fully saturated rings. The SMILES string of the molecule is CC(C(=O)NCCN(C)C)n1ccsc1=NC(=O)c1cccc(C(F)(F)F)c1. The summed E-state index contributed by atoms with van der Waals surface area (Å²) in [4.78, 5) is 30.7. The van der Waals surface area contributed by atoms with Crippen molar-refractivity contribution in [2.75, 3.05) is 27.2 Å². The lowest BCUT2D eigenvalue weighted by Gasteiger charge is -2.15. The van der Waals surface area contributed by atoms with E-state index >= 15 is 0 Å². The summed E-state index contributed by atoms with van der Waals surface area (Å²) in [6.45, 7) is 2.81. The zero-order chi connectivity index (χ0) is 20.9. The molecule has 0 saturated heterocycles. The summed E-state index contributed by atoms with van der Waals surface area (Å²) in [5.74, 6) is -1.05. The molecule has 2 rings (SSSR count). The number of carbonyl (C=O) groups excluding carboxylic acids is 2. The molecule has 0 bridgehead atoms. The predicted octanol–water partition coefficient (Wildman–Crippen LogP) is 2.55. The molecular formula is C18H21F3N4O2S. The molecular weight excluding hydrogens is 393 g/mol. The summed E-state index contributed by atoms with van der Waals surface area (Å²) in [5, 5.41) is 4.44. The fraction of sp³-hybridized carbons (Fsp3) is 0.389. The number of thiazole rings is 1. The number of likely N-dealkylation sites (N-methyl/N-ethyl adjacent to an activating group) is 1. The lowest BCUT2D eigenvalue weighted by atomic mass is 10.1. The van der Waals surface area contributed by atoms with Crippen LogP contribution >= 0.6 is 11.3 Å². The van der Waals surface area contributed by atoms with Crippen LogP contribution in [0.15, 0.2) is 40.8 Å². The molecule has 152 valence electrons. The number of carbonyl (C=O) groups is 2. The average Bonchev–Trinajstić information content (AvgIpc) is 3.08. The van der Waals surface area contributed by atoms with E-state index in [2.05, 4.69) is 10.3 Å². The van der Waals surface area contributed by atoms with Gasteiger partial charge in [0, 0.05) is 30.2 Å². The minimum atomic E-state index is -4.54. The molecule has 2 aromatic rings. The normalized spacial score (nSPS) is 13.6. The maximum atomic E-state index is 12.8. The van der Waals surface area contributed by atoms with Gasteiger partial charge in [0.15, 0.2) is 4.80 Å². The van der Waals surface area contributed by atoms with Crippen molar-refractivity contribution in [3.05, 3.63) is 51.8 Å². The van der Waals surface area contributed by atoms with Crippen molar-refractivity contribution >= 4 is 23.2 Å². The Morgan fingerprint density at radius 3 is 2.68 bits per heavy atom. The van der Waals surface area contributed by atoms with Crippen molar-refractivity contribution in [2.45, 2.75) is 19.1 Å². The maximum Gasteiger partial charge on any atom is 0.416 e. The van der Waals surface area contributed by atoms with Gasteiger partial charge in [-0.1, -0.05) is 6.07 Å². The van der Waals surface area contributed by atoms with E-state index in [0.717, 1.165) is 29.5 Å². The van der Waals surface area contributed by atoms with E-state index < -0.39 is 23.7 Å². The molecule has 0 aliphatic rings. The number of nitrogens with zero attached hydrogens (tertiary/aromatic N) is 3. The third kappa shape index (κ3) is 5.77. The molecule has 1 aromatic carbocycles. The van der Waals surface area contributed by atoms with Gasteiger partial charge in [-0.2, -0.15) is 18.2 Å². The molecule has 0 aliphatic carbocycles. The summed E-state index contributed by atoms with van der Waals surface area (Å²) in [7, 11) is 3.78. The number of alkyl halides is 3. The first-order valence-corrected chi connectivity index (χ1v) is 9.32. The van der Waals surface area contributed by atoms with Crippen LogP contribution in [0.5, 0.6) is 0 Å². The molecule has 1 heterocycles. The highest BCUT2D eigenvalue weighted by atomic mass is 32.1. The Labute approximate surface area is 164 Å². The van der Waals surface area contributed by atoms with Crippen LogP contribution in [0.4, 0.5) is 13.2 Å². The number of aromatic nitrogens is 1. The van der Waals surface area contributed by atoms with E-state index in [-0.39, 0.29) is 16.3 Å². The average molecular weight is 414 g/mol. The Kier molecular flexibility index (Phi) is 7.14. The van der Waals surface area contributed by atoms with Gasteiger partial charge in [-0.05, 0) is 39.2 Å². The summed E-state index contributed by atoms with van der Waals surface area (Å²) >= 11 is 1.12. The van der Waals surface area contributed by atoms with Crippen molar-refractivity contribution in [1.82, 2.24) is 14.8 Å². The van der Waals surface area contributed by atoms with Crippen molar-refractivity contribution in [2.24, 2.45) is 4.99 Å². The molecule has 1 atom stereocenters. The smallest absolute Gasteiger partial charge is 0.353 e. The van der Waals surface area contributed by atoms with Crippen LogP contribution in [0.25, 0.3) is 0 Å². The Bertz CT molecular complexity index is 902. The maximum absolute atomic E-state index is 12.8. The largest absolute Gasteiger partial charge is 0.416 e. The highest BCUT2D eigenvalue weighted by molar-refractivity contribution is 7.07. The Hall–Kier alpha value is -2.46. The van der Waals surface area contributed by atoms with Crippen molar-refractivity contribution < 1.29 is 22.8 Å².